The molecule has 4 N–H and O–H groups in total. The highest BCUT2D eigenvalue weighted by Gasteiger charge is 2.41. The lowest BCUT2D eigenvalue weighted by Crippen LogP contribution is -2.53. The van der Waals surface area contributed by atoms with Crippen molar-refractivity contribution in [2.45, 2.75) is 30.2 Å². The lowest BCUT2D eigenvalue weighted by molar-refractivity contribution is 0.0897. The van der Waals surface area contributed by atoms with Crippen molar-refractivity contribution < 1.29 is 17.6 Å². The smallest absolute Gasteiger partial charge is 0.262 e. The predicted octanol–water partition coefficient (Wildman–Crippen LogP) is 2.48. The van der Waals surface area contributed by atoms with Crippen LogP contribution in [0.3, 0.4) is 0 Å². The zero-order valence-electron chi connectivity index (χ0n) is 14.9. The Morgan fingerprint density at radius 3 is 2.56 bits per heavy atom. The van der Waals surface area contributed by atoms with Crippen molar-refractivity contribution in [2.24, 2.45) is 11.7 Å². The van der Waals surface area contributed by atoms with Gasteiger partial charge in [0.25, 0.3) is 15.9 Å². The van der Waals surface area contributed by atoms with Crippen LogP contribution in [0.25, 0.3) is 0 Å². The molecule has 0 spiro atoms. The fraction of sp³-hybridized carbons (Fsp3) is 0.316. The third-order valence-corrected chi connectivity index (χ3v) is 6.19. The molecule has 0 aromatic heterocycles. The van der Waals surface area contributed by atoms with E-state index in [4.69, 9.17) is 5.73 Å². The Labute approximate surface area is 158 Å². The minimum absolute atomic E-state index is 0.126. The summed E-state index contributed by atoms with van der Waals surface area (Å²) in [6.07, 6.45) is 2.02. The molecule has 1 fully saturated rings. The van der Waals surface area contributed by atoms with Crippen LogP contribution in [-0.4, -0.2) is 26.4 Å². The molecule has 1 atom stereocenters. The number of nitrogens with two attached hydrogens (primary N) is 1. The van der Waals surface area contributed by atoms with E-state index in [2.05, 4.69) is 10.0 Å². The maximum Gasteiger partial charge on any atom is 0.262 e. The number of hydrogen-bond acceptors (Lipinski definition) is 4. The number of benzene rings is 2. The lowest BCUT2D eigenvalue weighted by atomic mass is 9.95. The van der Waals surface area contributed by atoms with E-state index in [0.29, 0.717) is 12.5 Å². The largest absolute Gasteiger partial charge is 0.345 e. The van der Waals surface area contributed by atoms with Crippen LogP contribution in [0.5, 0.6) is 0 Å². The molecule has 0 aliphatic heterocycles. The Hall–Kier alpha value is -2.45. The second kappa shape index (κ2) is 7.28. The zero-order valence-corrected chi connectivity index (χ0v) is 15.7. The Bertz CT molecular complexity index is 960. The minimum Gasteiger partial charge on any atom is -0.345 e. The summed E-state index contributed by atoms with van der Waals surface area (Å²) in [4.78, 5) is 12.5. The molecule has 1 saturated carbocycles. The van der Waals surface area contributed by atoms with Gasteiger partial charge in [0.15, 0.2) is 0 Å². The molecule has 0 heterocycles. The van der Waals surface area contributed by atoms with Crippen LogP contribution in [0.2, 0.25) is 0 Å². The van der Waals surface area contributed by atoms with Gasteiger partial charge in [-0.05, 0) is 56.0 Å². The summed E-state index contributed by atoms with van der Waals surface area (Å²) in [5, 5.41) is 2.92. The number of rotatable bonds is 7. The fourth-order valence-corrected chi connectivity index (χ4v) is 4.04. The number of hydrogen-bond donors (Lipinski definition) is 3. The number of para-hydroxylation sites is 1. The van der Waals surface area contributed by atoms with E-state index < -0.39 is 27.3 Å². The summed E-state index contributed by atoms with van der Waals surface area (Å²) in [6.45, 7) is 2.19. The van der Waals surface area contributed by atoms with Crippen molar-refractivity contribution in [3.8, 4) is 0 Å². The monoisotopic (exact) mass is 391 g/mol. The van der Waals surface area contributed by atoms with Crippen LogP contribution < -0.4 is 15.8 Å². The summed E-state index contributed by atoms with van der Waals surface area (Å²) in [6, 6.07) is 11.1. The molecule has 1 amide bonds. The maximum atomic E-state index is 13.7. The molecule has 2 aromatic rings. The van der Waals surface area contributed by atoms with Gasteiger partial charge >= 0.3 is 0 Å². The Balaban J connectivity index is 1.82. The average molecular weight is 391 g/mol. The SMILES string of the molecule is CC(CN)(NC(=O)c1cccc(S(=O)(=O)Nc2ccccc2F)c1)C1CC1. The van der Waals surface area contributed by atoms with Gasteiger partial charge in [-0.3, -0.25) is 9.52 Å². The second-order valence-corrected chi connectivity index (χ2v) is 8.65. The molecule has 0 bridgehead atoms. The van der Waals surface area contributed by atoms with Gasteiger partial charge in [-0.1, -0.05) is 18.2 Å². The van der Waals surface area contributed by atoms with Gasteiger partial charge in [0.2, 0.25) is 0 Å². The standard InChI is InChI=1S/C19H22FN3O3S/c1-19(12-21,14-9-10-14)22-18(24)13-5-4-6-15(11-13)27(25,26)23-17-8-3-2-7-16(17)20/h2-8,11,14,23H,9-10,12,21H2,1H3,(H,22,24). The highest BCUT2D eigenvalue weighted by atomic mass is 32.2. The topological polar surface area (TPSA) is 101 Å². The van der Waals surface area contributed by atoms with Crippen LogP contribution in [-0.2, 0) is 10.0 Å². The lowest BCUT2D eigenvalue weighted by Gasteiger charge is -2.29. The van der Waals surface area contributed by atoms with Gasteiger partial charge < -0.3 is 11.1 Å². The number of halogens is 1. The van der Waals surface area contributed by atoms with Crippen molar-refractivity contribution in [3.05, 3.63) is 59.9 Å². The normalized spacial score (nSPS) is 16.4. The van der Waals surface area contributed by atoms with Gasteiger partial charge in [-0.25, -0.2) is 12.8 Å². The minimum atomic E-state index is -4.04. The Morgan fingerprint density at radius 1 is 1.22 bits per heavy atom. The third kappa shape index (κ3) is 4.28. The molecule has 1 aliphatic carbocycles. The van der Waals surface area contributed by atoms with Crippen molar-refractivity contribution in [1.82, 2.24) is 5.32 Å². The van der Waals surface area contributed by atoms with Crippen LogP contribution in [0, 0.1) is 11.7 Å². The summed E-state index contributed by atoms with van der Waals surface area (Å²) >= 11 is 0. The van der Waals surface area contributed by atoms with Gasteiger partial charge in [0, 0.05) is 12.1 Å². The number of carbonyl (C=O) groups excluding carboxylic acids is 1. The number of carbonyl (C=O) groups is 1. The van der Waals surface area contributed by atoms with Crippen molar-refractivity contribution in [3.63, 3.8) is 0 Å². The summed E-state index contributed by atoms with van der Waals surface area (Å²) in [7, 11) is -4.04. The van der Waals surface area contributed by atoms with E-state index in [1.165, 1.54) is 42.5 Å². The average Bonchev–Trinajstić information content (AvgIpc) is 3.49. The molecule has 27 heavy (non-hydrogen) atoms. The van der Waals surface area contributed by atoms with Crippen LogP contribution >= 0.6 is 0 Å². The van der Waals surface area contributed by atoms with Crippen molar-refractivity contribution in [2.75, 3.05) is 11.3 Å². The number of amides is 1. The summed E-state index contributed by atoms with van der Waals surface area (Å²) in [5.41, 5.74) is 5.35. The van der Waals surface area contributed by atoms with Crippen LogP contribution in [0.15, 0.2) is 53.4 Å². The number of anilines is 1. The first-order valence-electron chi connectivity index (χ1n) is 8.65. The Kier molecular flexibility index (Phi) is 5.21. The molecule has 2 aromatic carbocycles. The number of nitrogens with one attached hydrogen (secondary N) is 2. The van der Waals surface area contributed by atoms with E-state index >= 15 is 0 Å². The first kappa shape index (κ1) is 19.3. The highest BCUT2D eigenvalue weighted by molar-refractivity contribution is 7.92. The fourth-order valence-electron chi connectivity index (χ4n) is 2.92. The van der Waals surface area contributed by atoms with E-state index in [1.54, 1.807) is 0 Å². The van der Waals surface area contributed by atoms with Gasteiger partial charge in [-0.2, -0.15) is 0 Å². The molecular formula is C19H22FN3O3S. The summed E-state index contributed by atoms with van der Waals surface area (Å²) < 4.78 is 41.1. The van der Waals surface area contributed by atoms with Crippen molar-refractivity contribution >= 4 is 21.6 Å². The maximum absolute atomic E-state index is 13.7. The van der Waals surface area contributed by atoms with E-state index in [9.17, 15) is 17.6 Å². The van der Waals surface area contributed by atoms with E-state index in [-0.39, 0.29) is 16.1 Å². The quantitative estimate of drug-likeness (QED) is 0.675. The molecule has 1 aliphatic rings. The molecule has 1 unspecified atom stereocenters. The third-order valence-electron chi connectivity index (χ3n) is 4.83. The van der Waals surface area contributed by atoms with E-state index in [1.807, 2.05) is 6.92 Å². The molecule has 6 nitrogen and oxygen atoms in total. The van der Waals surface area contributed by atoms with E-state index in [0.717, 1.165) is 18.9 Å². The first-order valence-corrected chi connectivity index (χ1v) is 10.1. The molecule has 144 valence electrons. The van der Waals surface area contributed by atoms with Gasteiger partial charge in [0.05, 0.1) is 16.1 Å². The molecule has 0 radical (unpaired) electrons. The predicted molar refractivity (Wildman–Crippen MR) is 101 cm³/mol. The van der Waals surface area contributed by atoms with Crippen LogP contribution in [0.4, 0.5) is 10.1 Å². The van der Waals surface area contributed by atoms with Crippen molar-refractivity contribution in [1.29, 1.82) is 0 Å². The molecular weight excluding hydrogens is 369 g/mol. The molecule has 8 heteroatoms. The Morgan fingerprint density at radius 2 is 1.93 bits per heavy atom. The van der Waals surface area contributed by atoms with Gasteiger partial charge in [0.1, 0.15) is 5.82 Å². The zero-order chi connectivity index (χ0) is 19.7. The molecule has 0 saturated heterocycles. The van der Waals surface area contributed by atoms with Crippen LogP contribution in [0.1, 0.15) is 30.1 Å². The molecule has 3 rings (SSSR count). The highest BCUT2D eigenvalue weighted by Crippen LogP contribution is 2.39. The number of sulfonamides is 1. The first-order chi connectivity index (χ1) is 12.7. The van der Waals surface area contributed by atoms with Gasteiger partial charge in [-0.15, -0.1) is 0 Å². The second-order valence-electron chi connectivity index (χ2n) is 6.96. The summed E-state index contributed by atoms with van der Waals surface area (Å²) in [5.74, 6) is -0.739.